The lowest BCUT2D eigenvalue weighted by molar-refractivity contribution is 0.0322. The Morgan fingerprint density at radius 3 is 2.46 bits per heavy atom. The Hall–Kier alpha value is -2.36. The number of nitrogens with zero attached hydrogens (tertiary/aromatic N) is 2. The fourth-order valence-electron chi connectivity index (χ4n) is 5.05. The molecule has 3 fully saturated rings. The van der Waals surface area contributed by atoms with Gasteiger partial charge >= 0.3 is 6.03 Å². The van der Waals surface area contributed by atoms with E-state index in [0.717, 1.165) is 64.3 Å². The molecular weight excluding hydrogens is 448 g/mol. The highest BCUT2D eigenvalue weighted by Crippen LogP contribution is 2.19. The second-order valence-electron chi connectivity index (χ2n) is 9.85. The van der Waals surface area contributed by atoms with Crippen molar-refractivity contribution in [2.24, 2.45) is 0 Å². The van der Waals surface area contributed by atoms with Gasteiger partial charge in [0, 0.05) is 44.3 Å². The van der Waals surface area contributed by atoms with Crippen molar-refractivity contribution in [3.05, 3.63) is 29.8 Å². The van der Waals surface area contributed by atoms with Crippen molar-refractivity contribution >= 4 is 11.9 Å². The molecule has 35 heavy (non-hydrogen) atoms. The third-order valence-corrected chi connectivity index (χ3v) is 7.24. The lowest BCUT2D eigenvalue weighted by atomic mass is 9.96. The Kier molecular flexibility index (Phi) is 9.62. The maximum atomic E-state index is 12.9. The topological polar surface area (TPSA) is 103 Å². The van der Waals surface area contributed by atoms with Crippen LogP contribution in [-0.2, 0) is 4.74 Å². The predicted molar refractivity (Wildman–Crippen MR) is 133 cm³/mol. The molecule has 2 saturated heterocycles. The summed E-state index contributed by atoms with van der Waals surface area (Å²) in [5, 5.41) is 16.7. The molecule has 1 saturated carbocycles. The van der Waals surface area contributed by atoms with E-state index in [1.54, 1.807) is 29.2 Å². The smallest absolute Gasteiger partial charge is 0.317 e. The van der Waals surface area contributed by atoms with Crippen molar-refractivity contribution in [2.45, 2.75) is 63.1 Å². The number of morpholine rings is 1. The van der Waals surface area contributed by atoms with Gasteiger partial charge in [0.1, 0.15) is 12.4 Å². The van der Waals surface area contributed by atoms with Crippen LogP contribution in [0.5, 0.6) is 5.75 Å². The van der Waals surface area contributed by atoms with E-state index in [2.05, 4.69) is 15.5 Å². The van der Waals surface area contributed by atoms with E-state index in [0.29, 0.717) is 38.1 Å². The average Bonchev–Trinajstić information content (AvgIpc) is 3.07. The molecule has 9 heteroatoms. The van der Waals surface area contributed by atoms with Gasteiger partial charge in [-0.15, -0.1) is 0 Å². The number of aliphatic hydroxyl groups is 1. The first-order chi connectivity index (χ1) is 17.1. The van der Waals surface area contributed by atoms with Crippen LogP contribution in [0.25, 0.3) is 0 Å². The van der Waals surface area contributed by atoms with E-state index in [4.69, 9.17) is 9.47 Å². The second-order valence-corrected chi connectivity index (χ2v) is 9.85. The molecular formula is C26H40N4O5. The number of likely N-dealkylation sites (tertiary alicyclic amines) is 1. The third kappa shape index (κ3) is 7.81. The van der Waals surface area contributed by atoms with Crippen LogP contribution in [0.2, 0.25) is 0 Å². The summed E-state index contributed by atoms with van der Waals surface area (Å²) in [6.45, 7) is 5.69. The summed E-state index contributed by atoms with van der Waals surface area (Å²) in [6, 6.07) is 6.68. The fourth-order valence-corrected chi connectivity index (χ4v) is 5.05. The highest BCUT2D eigenvalue weighted by molar-refractivity contribution is 5.94. The minimum absolute atomic E-state index is 0.0937. The molecule has 194 valence electrons. The molecule has 0 unspecified atom stereocenters. The van der Waals surface area contributed by atoms with E-state index >= 15 is 0 Å². The minimum Gasteiger partial charge on any atom is -0.492 e. The monoisotopic (exact) mass is 488 g/mol. The molecule has 3 aliphatic rings. The quantitative estimate of drug-likeness (QED) is 0.543. The molecule has 9 nitrogen and oxygen atoms in total. The van der Waals surface area contributed by atoms with Crippen molar-refractivity contribution in [1.29, 1.82) is 0 Å². The van der Waals surface area contributed by atoms with Crippen LogP contribution >= 0.6 is 0 Å². The zero-order valence-corrected chi connectivity index (χ0v) is 20.6. The minimum atomic E-state index is -0.686. The van der Waals surface area contributed by atoms with E-state index in [-0.39, 0.29) is 18.0 Å². The molecule has 2 aliphatic heterocycles. The first-order valence-corrected chi connectivity index (χ1v) is 13.2. The molecule has 0 bridgehead atoms. The summed E-state index contributed by atoms with van der Waals surface area (Å²) < 4.78 is 11.2. The number of benzene rings is 1. The number of carbonyl (C=O) groups excluding carboxylic acids is 2. The number of amides is 3. The Morgan fingerprint density at radius 1 is 0.971 bits per heavy atom. The van der Waals surface area contributed by atoms with Gasteiger partial charge in [-0.05, 0) is 49.9 Å². The summed E-state index contributed by atoms with van der Waals surface area (Å²) >= 11 is 0. The number of rotatable bonds is 7. The molecule has 1 aliphatic carbocycles. The molecule has 3 N–H and O–H groups in total. The lowest BCUT2D eigenvalue weighted by Gasteiger charge is -2.30. The number of ether oxygens (including phenoxy) is 2. The number of aliphatic hydroxyl groups excluding tert-OH is 1. The fraction of sp³-hybridized carbons (Fsp3) is 0.692. The van der Waals surface area contributed by atoms with Gasteiger partial charge in [0.15, 0.2) is 0 Å². The predicted octanol–water partition coefficient (Wildman–Crippen LogP) is 1.99. The first-order valence-electron chi connectivity index (χ1n) is 13.2. The largest absolute Gasteiger partial charge is 0.492 e. The number of hydrogen-bond donors (Lipinski definition) is 3. The van der Waals surface area contributed by atoms with Crippen LogP contribution in [0.4, 0.5) is 4.79 Å². The van der Waals surface area contributed by atoms with Gasteiger partial charge in [-0.2, -0.15) is 0 Å². The molecule has 0 spiro atoms. The van der Waals surface area contributed by atoms with Gasteiger partial charge in [-0.3, -0.25) is 9.69 Å². The first kappa shape index (κ1) is 25.7. The Balaban J connectivity index is 1.26. The van der Waals surface area contributed by atoms with Gasteiger partial charge in [0.05, 0.1) is 25.4 Å². The van der Waals surface area contributed by atoms with E-state index in [9.17, 15) is 14.7 Å². The Morgan fingerprint density at radius 2 is 1.71 bits per heavy atom. The Labute approximate surface area is 208 Å². The molecule has 2 atom stereocenters. The highest BCUT2D eigenvalue weighted by Gasteiger charge is 2.30. The molecule has 1 aromatic carbocycles. The van der Waals surface area contributed by atoms with Crippen LogP contribution in [-0.4, -0.2) is 97.6 Å². The maximum Gasteiger partial charge on any atom is 0.317 e. The zero-order chi connectivity index (χ0) is 24.5. The van der Waals surface area contributed by atoms with Crippen molar-refractivity contribution in [3.63, 3.8) is 0 Å². The van der Waals surface area contributed by atoms with Gasteiger partial charge in [-0.1, -0.05) is 19.3 Å². The van der Waals surface area contributed by atoms with E-state index in [1.165, 1.54) is 6.42 Å². The maximum absolute atomic E-state index is 12.9. The summed E-state index contributed by atoms with van der Waals surface area (Å²) in [5.41, 5.74) is 0.500. The van der Waals surface area contributed by atoms with Crippen LogP contribution < -0.4 is 15.4 Å². The standard InChI is InChI=1S/C26H40N4O5/c31-24-7-4-12-30(26(33)27-21-5-2-1-3-6-21)19-23(24)28-25(32)20-8-10-22(11-9-20)35-18-15-29-13-16-34-17-14-29/h8-11,21,23-24,31H,1-7,12-19H2,(H,27,33)(H,28,32)/t23-,24+/m0/s1. The summed E-state index contributed by atoms with van der Waals surface area (Å²) in [6.07, 6.45) is 6.16. The molecule has 1 aromatic rings. The molecule has 0 radical (unpaired) electrons. The van der Waals surface area contributed by atoms with Crippen LogP contribution in [0.15, 0.2) is 24.3 Å². The average molecular weight is 489 g/mol. The SMILES string of the molecule is O=C(N[C@H]1CN(C(=O)NC2CCCCC2)CCC[C@H]1O)c1ccc(OCCN2CCOCC2)cc1. The number of hydrogen-bond acceptors (Lipinski definition) is 6. The highest BCUT2D eigenvalue weighted by atomic mass is 16.5. The number of carbonyl (C=O) groups is 2. The van der Waals surface area contributed by atoms with Gasteiger partial charge < -0.3 is 30.1 Å². The van der Waals surface area contributed by atoms with Crippen LogP contribution in [0, 0.1) is 0 Å². The van der Waals surface area contributed by atoms with Crippen LogP contribution in [0.1, 0.15) is 55.3 Å². The molecule has 0 aromatic heterocycles. The molecule has 3 amide bonds. The lowest BCUT2D eigenvalue weighted by Crippen LogP contribution is -2.53. The van der Waals surface area contributed by atoms with Gasteiger partial charge in [-0.25, -0.2) is 4.79 Å². The van der Waals surface area contributed by atoms with Crippen molar-refractivity contribution in [1.82, 2.24) is 20.4 Å². The number of urea groups is 1. The summed E-state index contributed by atoms with van der Waals surface area (Å²) in [7, 11) is 0. The molecule has 4 rings (SSSR count). The van der Waals surface area contributed by atoms with Crippen molar-refractivity contribution in [2.75, 3.05) is 52.5 Å². The van der Waals surface area contributed by atoms with Crippen molar-refractivity contribution < 1.29 is 24.2 Å². The van der Waals surface area contributed by atoms with Gasteiger partial charge in [0.2, 0.25) is 0 Å². The number of nitrogens with one attached hydrogen (secondary N) is 2. The van der Waals surface area contributed by atoms with Gasteiger partial charge in [0.25, 0.3) is 5.91 Å². The molecule has 2 heterocycles. The Bertz CT molecular complexity index is 808. The summed E-state index contributed by atoms with van der Waals surface area (Å²) in [4.78, 5) is 29.8. The second kappa shape index (κ2) is 13.1. The van der Waals surface area contributed by atoms with Crippen molar-refractivity contribution in [3.8, 4) is 5.75 Å². The van der Waals surface area contributed by atoms with E-state index < -0.39 is 12.1 Å². The summed E-state index contributed by atoms with van der Waals surface area (Å²) in [5.74, 6) is 0.457. The van der Waals surface area contributed by atoms with E-state index in [1.807, 2.05) is 0 Å². The zero-order valence-electron chi connectivity index (χ0n) is 20.6. The normalized spacial score (nSPS) is 24.4. The third-order valence-electron chi connectivity index (χ3n) is 7.24. The van der Waals surface area contributed by atoms with Crippen LogP contribution in [0.3, 0.4) is 0 Å².